The van der Waals surface area contributed by atoms with Gasteiger partial charge in [-0.05, 0) is 57.5 Å². The lowest BCUT2D eigenvalue weighted by Crippen LogP contribution is -2.23. The lowest BCUT2D eigenvalue weighted by molar-refractivity contribution is 0.600. The minimum absolute atomic E-state index is 0.0775. The smallest absolute Gasteiger partial charge is 0.0701 e. The molecule has 0 fully saturated rings. The molecule has 0 amide bonds. The van der Waals surface area contributed by atoms with Gasteiger partial charge in [0.2, 0.25) is 0 Å². The Bertz CT molecular complexity index is 556. The fourth-order valence-corrected chi connectivity index (χ4v) is 3.53. The predicted octanol–water partition coefficient (Wildman–Crippen LogP) is 5.91. The van der Waals surface area contributed by atoms with Crippen molar-refractivity contribution in [2.24, 2.45) is 0 Å². The van der Waals surface area contributed by atoms with Crippen molar-refractivity contribution in [3.63, 3.8) is 0 Å². The van der Waals surface area contributed by atoms with Gasteiger partial charge < -0.3 is 5.32 Å². The Balaban J connectivity index is 2.39. The third-order valence-corrected chi connectivity index (χ3v) is 5.17. The lowest BCUT2D eigenvalue weighted by atomic mass is 10.0. The molecule has 0 aliphatic heterocycles. The van der Waals surface area contributed by atoms with Crippen LogP contribution in [0.25, 0.3) is 0 Å². The molecule has 0 saturated heterocycles. The molecule has 2 rings (SSSR count). The highest BCUT2D eigenvalue weighted by molar-refractivity contribution is 9.11. The lowest BCUT2D eigenvalue weighted by Gasteiger charge is -2.19. The zero-order chi connectivity index (χ0) is 13.8. The van der Waals surface area contributed by atoms with Gasteiger partial charge in [0.25, 0.3) is 0 Å². The second-order valence-corrected chi connectivity index (χ2v) is 7.29. The Kier molecular flexibility index (Phi) is 5.72. The van der Waals surface area contributed by atoms with Crippen molar-refractivity contribution in [1.82, 2.24) is 5.32 Å². The highest BCUT2D eigenvalue weighted by atomic mass is 79.9. The van der Waals surface area contributed by atoms with Crippen molar-refractivity contribution < 1.29 is 0 Å². The van der Waals surface area contributed by atoms with Crippen molar-refractivity contribution in [2.75, 3.05) is 6.54 Å². The van der Waals surface area contributed by atoms with Crippen LogP contribution in [0.15, 0.2) is 33.4 Å². The predicted molar refractivity (Wildman–Crippen MR) is 88.6 cm³/mol. The monoisotopic (exact) mass is 377 g/mol. The van der Waals surface area contributed by atoms with E-state index >= 15 is 0 Å². The van der Waals surface area contributed by atoms with Crippen molar-refractivity contribution in [3.8, 4) is 0 Å². The van der Waals surface area contributed by atoms with Gasteiger partial charge in [-0.25, -0.2) is 0 Å². The quantitative estimate of drug-likeness (QED) is 0.682. The molecule has 1 aromatic carbocycles. The molecule has 0 aliphatic rings. The maximum Gasteiger partial charge on any atom is 0.0701 e. The van der Waals surface area contributed by atoms with E-state index in [9.17, 15) is 0 Å². The number of benzene rings is 1. The summed E-state index contributed by atoms with van der Waals surface area (Å²) in [5.74, 6) is 0. The standard InChI is InChI=1S/C14H14BrCl2NS/c1-2-6-18-14(9-7-12(15)19-8-9)10-4-3-5-11(16)13(10)17/h3-5,7-8,14,18H,2,6H2,1H3. The number of rotatable bonds is 5. The zero-order valence-electron chi connectivity index (χ0n) is 10.4. The Labute approximate surface area is 136 Å². The molecule has 0 radical (unpaired) electrons. The first kappa shape index (κ1) is 15.3. The second kappa shape index (κ2) is 7.09. The molecular weight excluding hydrogens is 365 g/mol. The number of thiophene rings is 1. The van der Waals surface area contributed by atoms with Crippen LogP contribution in [0.5, 0.6) is 0 Å². The van der Waals surface area contributed by atoms with Crippen LogP contribution in [0.3, 0.4) is 0 Å². The van der Waals surface area contributed by atoms with Crippen molar-refractivity contribution >= 4 is 50.5 Å². The molecule has 102 valence electrons. The van der Waals surface area contributed by atoms with E-state index in [0.717, 1.165) is 22.3 Å². The van der Waals surface area contributed by atoms with Crippen LogP contribution in [-0.4, -0.2) is 6.54 Å². The van der Waals surface area contributed by atoms with Crippen LogP contribution in [0.2, 0.25) is 10.0 Å². The summed E-state index contributed by atoms with van der Waals surface area (Å²) in [5, 5.41) is 6.88. The van der Waals surface area contributed by atoms with E-state index in [4.69, 9.17) is 23.2 Å². The Morgan fingerprint density at radius 3 is 2.79 bits per heavy atom. The summed E-state index contributed by atoms with van der Waals surface area (Å²) in [6.07, 6.45) is 1.07. The number of hydrogen-bond donors (Lipinski definition) is 1. The van der Waals surface area contributed by atoms with Gasteiger partial charge in [0.15, 0.2) is 0 Å². The Morgan fingerprint density at radius 1 is 1.37 bits per heavy atom. The van der Waals surface area contributed by atoms with E-state index in [-0.39, 0.29) is 6.04 Å². The molecule has 0 spiro atoms. The maximum atomic E-state index is 6.34. The van der Waals surface area contributed by atoms with Gasteiger partial charge in [-0.15, -0.1) is 11.3 Å². The van der Waals surface area contributed by atoms with Gasteiger partial charge in [-0.3, -0.25) is 0 Å². The number of nitrogens with one attached hydrogen (secondary N) is 1. The molecule has 0 aliphatic carbocycles. The van der Waals surface area contributed by atoms with Crippen LogP contribution in [-0.2, 0) is 0 Å². The van der Waals surface area contributed by atoms with E-state index in [1.54, 1.807) is 11.3 Å². The average molecular weight is 379 g/mol. The molecule has 1 heterocycles. The van der Waals surface area contributed by atoms with E-state index in [0.29, 0.717) is 10.0 Å². The van der Waals surface area contributed by atoms with Gasteiger partial charge in [-0.2, -0.15) is 0 Å². The Morgan fingerprint density at radius 2 is 2.16 bits per heavy atom. The summed E-state index contributed by atoms with van der Waals surface area (Å²) >= 11 is 17.6. The molecule has 1 unspecified atom stereocenters. The molecule has 1 atom stereocenters. The molecule has 19 heavy (non-hydrogen) atoms. The highest BCUT2D eigenvalue weighted by Gasteiger charge is 2.18. The molecule has 1 aromatic heterocycles. The van der Waals surface area contributed by atoms with Crippen LogP contribution in [0.4, 0.5) is 0 Å². The van der Waals surface area contributed by atoms with Crippen LogP contribution >= 0.6 is 50.5 Å². The molecule has 0 bridgehead atoms. The number of halogens is 3. The molecule has 1 N–H and O–H groups in total. The van der Waals surface area contributed by atoms with E-state index in [1.165, 1.54) is 5.56 Å². The van der Waals surface area contributed by atoms with Crippen molar-refractivity contribution in [1.29, 1.82) is 0 Å². The maximum absolute atomic E-state index is 6.34. The van der Waals surface area contributed by atoms with Crippen LogP contribution < -0.4 is 5.32 Å². The third kappa shape index (κ3) is 3.73. The van der Waals surface area contributed by atoms with Gasteiger partial charge in [0.1, 0.15) is 0 Å². The third-order valence-electron chi connectivity index (χ3n) is 2.81. The fraction of sp³-hybridized carbons (Fsp3) is 0.286. The minimum Gasteiger partial charge on any atom is -0.306 e. The topological polar surface area (TPSA) is 12.0 Å². The summed E-state index contributed by atoms with van der Waals surface area (Å²) in [4.78, 5) is 0. The largest absolute Gasteiger partial charge is 0.306 e. The highest BCUT2D eigenvalue weighted by Crippen LogP contribution is 2.35. The van der Waals surface area contributed by atoms with Gasteiger partial charge in [0.05, 0.1) is 19.9 Å². The first-order valence-corrected chi connectivity index (χ1v) is 8.47. The summed E-state index contributed by atoms with van der Waals surface area (Å²) in [6, 6.07) is 7.97. The molecule has 2 aromatic rings. The Hall–Kier alpha value is -0.0600. The SMILES string of the molecule is CCCNC(c1csc(Br)c1)c1cccc(Cl)c1Cl. The second-order valence-electron chi connectivity index (χ2n) is 4.21. The van der Waals surface area contributed by atoms with E-state index < -0.39 is 0 Å². The minimum atomic E-state index is 0.0775. The fourth-order valence-electron chi connectivity index (χ4n) is 1.91. The van der Waals surface area contributed by atoms with Gasteiger partial charge in [-0.1, -0.05) is 42.3 Å². The van der Waals surface area contributed by atoms with E-state index in [1.807, 2.05) is 18.2 Å². The first-order chi connectivity index (χ1) is 9.13. The average Bonchev–Trinajstić information content (AvgIpc) is 2.81. The van der Waals surface area contributed by atoms with Crippen molar-refractivity contribution in [3.05, 3.63) is 54.6 Å². The van der Waals surface area contributed by atoms with Crippen molar-refractivity contribution in [2.45, 2.75) is 19.4 Å². The van der Waals surface area contributed by atoms with Crippen LogP contribution in [0.1, 0.15) is 30.5 Å². The molecule has 0 saturated carbocycles. The summed E-state index contributed by atoms with van der Waals surface area (Å²) in [6.45, 7) is 3.08. The zero-order valence-corrected chi connectivity index (χ0v) is 14.3. The first-order valence-electron chi connectivity index (χ1n) is 6.04. The number of hydrogen-bond acceptors (Lipinski definition) is 2. The molecule has 1 nitrogen and oxygen atoms in total. The molecule has 5 heteroatoms. The van der Waals surface area contributed by atoms with Crippen LogP contribution in [0, 0.1) is 0 Å². The molecular formula is C14H14BrCl2NS. The van der Waals surface area contributed by atoms with Gasteiger partial charge >= 0.3 is 0 Å². The van der Waals surface area contributed by atoms with Gasteiger partial charge in [0, 0.05) is 0 Å². The summed E-state index contributed by atoms with van der Waals surface area (Å²) in [7, 11) is 0. The summed E-state index contributed by atoms with van der Waals surface area (Å²) < 4.78 is 1.11. The van der Waals surface area contributed by atoms with E-state index in [2.05, 4.69) is 39.6 Å². The normalized spacial score (nSPS) is 12.6. The summed E-state index contributed by atoms with van der Waals surface area (Å²) in [5.41, 5.74) is 2.22.